The molecule has 0 aliphatic carbocycles. The van der Waals surface area contributed by atoms with E-state index in [4.69, 9.17) is 46.4 Å². The molecule has 1 aliphatic rings. The SMILES string of the molecule is CCN(CC)S(=O)(=O)c1ccc(Cl)c(N=C2NN(c3c(Cl)cc(Cl)cc3Cl)C(=O)C2NS(=O)(=O)c2cccc3ccccc23)c1. The number of aliphatic imine (C=N–C) groups is 1. The quantitative estimate of drug-likeness (QED) is 0.205. The second-order valence-electron chi connectivity index (χ2n) is 9.73. The molecule has 4 aromatic rings. The Morgan fingerprint density at radius 3 is 2.18 bits per heavy atom. The Kier molecular flexibility index (Phi) is 9.69. The van der Waals surface area contributed by atoms with Crippen LogP contribution in [0.5, 0.6) is 0 Å². The molecule has 0 aromatic heterocycles. The zero-order valence-electron chi connectivity index (χ0n) is 23.6. The van der Waals surface area contributed by atoms with Crippen LogP contribution in [0, 0.1) is 0 Å². The molecule has 1 amide bonds. The van der Waals surface area contributed by atoms with Crippen molar-refractivity contribution in [2.24, 2.45) is 4.99 Å². The van der Waals surface area contributed by atoms with Crippen LogP contribution in [-0.4, -0.2) is 52.0 Å². The van der Waals surface area contributed by atoms with E-state index in [1.165, 1.54) is 40.7 Å². The first-order chi connectivity index (χ1) is 21.3. The smallest absolute Gasteiger partial charge is 0.271 e. The fraction of sp³-hybridized carbons (Fsp3) is 0.172. The molecule has 0 bridgehead atoms. The Morgan fingerprint density at radius 2 is 1.51 bits per heavy atom. The minimum absolute atomic E-state index is 0.00347. The number of amides is 1. The highest BCUT2D eigenvalue weighted by molar-refractivity contribution is 7.90. The van der Waals surface area contributed by atoms with E-state index in [2.05, 4.69) is 15.1 Å². The third-order valence-electron chi connectivity index (χ3n) is 6.99. The van der Waals surface area contributed by atoms with Gasteiger partial charge in [0.25, 0.3) is 5.91 Å². The van der Waals surface area contributed by atoms with Gasteiger partial charge in [-0.05, 0) is 41.8 Å². The number of hydrogen-bond acceptors (Lipinski definition) is 6. The minimum Gasteiger partial charge on any atom is -0.276 e. The maximum absolute atomic E-state index is 13.9. The number of halogens is 4. The van der Waals surface area contributed by atoms with E-state index >= 15 is 0 Å². The number of hydrogen-bond donors (Lipinski definition) is 2. The summed E-state index contributed by atoms with van der Waals surface area (Å²) in [5.74, 6) is -1.04. The molecule has 1 fully saturated rings. The van der Waals surface area contributed by atoms with Gasteiger partial charge in [0.1, 0.15) is 11.5 Å². The summed E-state index contributed by atoms with van der Waals surface area (Å²) >= 11 is 25.3. The van der Waals surface area contributed by atoms with Crippen molar-refractivity contribution in [2.75, 3.05) is 18.1 Å². The Labute approximate surface area is 280 Å². The molecular formula is C29H25Cl4N5O5S2. The van der Waals surface area contributed by atoms with Gasteiger partial charge < -0.3 is 0 Å². The number of hydrazine groups is 1. The zero-order chi connectivity index (χ0) is 32.7. The summed E-state index contributed by atoms with van der Waals surface area (Å²) in [6.07, 6.45) is 0. The number of fused-ring (bicyclic) bond motifs is 1. The summed E-state index contributed by atoms with van der Waals surface area (Å²) in [7, 11) is -8.27. The first kappa shape index (κ1) is 33.4. The van der Waals surface area contributed by atoms with Crippen molar-refractivity contribution in [3.05, 3.63) is 92.9 Å². The molecule has 0 saturated carbocycles. The molecule has 1 saturated heterocycles. The minimum atomic E-state index is -4.36. The lowest BCUT2D eigenvalue weighted by Crippen LogP contribution is -2.44. The van der Waals surface area contributed by atoms with E-state index in [1.807, 2.05) is 0 Å². The van der Waals surface area contributed by atoms with Crippen molar-refractivity contribution in [1.82, 2.24) is 14.5 Å². The number of carbonyl (C=O) groups is 1. The Balaban J connectivity index is 1.64. The summed E-state index contributed by atoms with van der Waals surface area (Å²) < 4.78 is 57.8. The summed E-state index contributed by atoms with van der Waals surface area (Å²) in [4.78, 5) is 18.2. The monoisotopic (exact) mass is 727 g/mol. The second-order valence-corrected chi connectivity index (χ2v) is 15.0. The number of carbonyl (C=O) groups excluding carboxylic acids is 1. The normalized spacial score (nSPS) is 16.6. The van der Waals surface area contributed by atoms with Gasteiger partial charge in [-0.1, -0.05) is 96.6 Å². The van der Waals surface area contributed by atoms with Gasteiger partial charge in [-0.15, -0.1) is 0 Å². The van der Waals surface area contributed by atoms with Crippen molar-refractivity contribution >= 4 is 100 Å². The van der Waals surface area contributed by atoms with Crippen LogP contribution in [0.25, 0.3) is 10.8 Å². The number of amidine groups is 1. The summed E-state index contributed by atoms with van der Waals surface area (Å²) in [6.45, 7) is 3.88. The van der Waals surface area contributed by atoms with Crippen molar-refractivity contribution in [1.29, 1.82) is 0 Å². The van der Waals surface area contributed by atoms with Gasteiger partial charge in [0.15, 0.2) is 6.04 Å². The molecule has 0 spiro atoms. The number of benzene rings is 4. The first-order valence-corrected chi connectivity index (χ1v) is 17.9. The van der Waals surface area contributed by atoms with E-state index in [0.717, 1.165) is 5.01 Å². The van der Waals surface area contributed by atoms with Crippen molar-refractivity contribution in [2.45, 2.75) is 29.7 Å². The molecule has 0 radical (unpaired) electrons. The lowest BCUT2D eigenvalue weighted by Gasteiger charge is -2.19. The Hall–Kier alpha value is -2.94. The fourth-order valence-electron chi connectivity index (χ4n) is 4.82. The maximum Gasteiger partial charge on any atom is 0.271 e. The van der Waals surface area contributed by atoms with Crippen molar-refractivity contribution in [3.8, 4) is 0 Å². The third kappa shape index (κ3) is 6.51. The highest BCUT2D eigenvalue weighted by atomic mass is 35.5. The van der Waals surface area contributed by atoms with Crippen LogP contribution in [0.15, 0.2) is 87.6 Å². The molecular weight excluding hydrogens is 704 g/mol. The molecule has 4 aromatic carbocycles. The average Bonchev–Trinajstić information content (AvgIpc) is 3.27. The van der Waals surface area contributed by atoms with Gasteiger partial charge in [0.2, 0.25) is 20.0 Å². The number of nitrogens with one attached hydrogen (secondary N) is 2. The predicted molar refractivity (Wildman–Crippen MR) is 179 cm³/mol. The second kappa shape index (κ2) is 13.0. The molecule has 1 heterocycles. The molecule has 2 N–H and O–H groups in total. The maximum atomic E-state index is 13.9. The number of rotatable bonds is 9. The van der Waals surface area contributed by atoms with E-state index < -0.39 is 32.0 Å². The van der Waals surface area contributed by atoms with Crippen LogP contribution in [-0.2, 0) is 24.8 Å². The summed E-state index contributed by atoms with van der Waals surface area (Å²) in [6, 6.07) is 16.7. The zero-order valence-corrected chi connectivity index (χ0v) is 28.3. The topological polar surface area (TPSA) is 128 Å². The van der Waals surface area contributed by atoms with E-state index in [0.29, 0.717) is 10.8 Å². The molecule has 236 valence electrons. The van der Waals surface area contributed by atoms with Crippen molar-refractivity contribution in [3.63, 3.8) is 0 Å². The van der Waals surface area contributed by atoms with E-state index in [1.54, 1.807) is 50.2 Å². The van der Waals surface area contributed by atoms with Crippen LogP contribution in [0.1, 0.15) is 13.8 Å². The predicted octanol–water partition coefficient (Wildman–Crippen LogP) is 6.41. The standard InChI is InChI=1S/C29H25Cl4N5O5S2/c1-3-37(4-2)45(42,43)19-12-13-21(31)24(16-19)34-28-26(29(39)38(35-28)27-22(32)14-18(30)15-23(27)33)36-44(40,41)25-11-7-9-17-8-5-6-10-20(17)25/h5-16,26,36H,3-4H2,1-2H3,(H,34,35). The lowest BCUT2D eigenvalue weighted by molar-refractivity contribution is -0.118. The first-order valence-electron chi connectivity index (χ1n) is 13.4. The van der Waals surface area contributed by atoms with Gasteiger partial charge in [-0.25, -0.2) is 26.8 Å². The molecule has 1 atom stereocenters. The van der Waals surface area contributed by atoms with Crippen LogP contribution in [0.4, 0.5) is 11.4 Å². The summed E-state index contributed by atoms with van der Waals surface area (Å²) in [5, 5.41) is 2.30. The van der Waals surface area contributed by atoms with E-state index in [9.17, 15) is 21.6 Å². The van der Waals surface area contributed by atoms with Gasteiger partial charge in [0, 0.05) is 23.5 Å². The molecule has 5 rings (SSSR count). The Bertz CT molecular complexity index is 2040. The molecule has 1 aliphatic heterocycles. The lowest BCUT2D eigenvalue weighted by atomic mass is 10.1. The van der Waals surface area contributed by atoms with Crippen molar-refractivity contribution < 1.29 is 21.6 Å². The van der Waals surface area contributed by atoms with Gasteiger partial charge in [-0.3, -0.25) is 10.2 Å². The van der Waals surface area contributed by atoms with Crippen LogP contribution < -0.4 is 15.2 Å². The molecule has 16 heteroatoms. The fourth-order valence-corrected chi connectivity index (χ4v) is 8.83. The van der Waals surface area contributed by atoms with Crippen LogP contribution >= 0.6 is 46.4 Å². The van der Waals surface area contributed by atoms with Gasteiger partial charge >= 0.3 is 0 Å². The molecule has 1 unspecified atom stereocenters. The third-order valence-corrected chi connectivity index (χ3v) is 11.6. The highest BCUT2D eigenvalue weighted by Gasteiger charge is 2.43. The number of nitrogens with zero attached hydrogens (tertiary/aromatic N) is 3. The molecule has 10 nitrogen and oxygen atoms in total. The number of sulfonamides is 2. The van der Waals surface area contributed by atoms with Gasteiger partial charge in [0.05, 0.1) is 30.5 Å². The van der Waals surface area contributed by atoms with Crippen LogP contribution in [0.2, 0.25) is 20.1 Å². The number of anilines is 1. The highest BCUT2D eigenvalue weighted by Crippen LogP contribution is 2.38. The molecule has 45 heavy (non-hydrogen) atoms. The average molecular weight is 729 g/mol. The Morgan fingerprint density at radius 1 is 0.867 bits per heavy atom. The van der Waals surface area contributed by atoms with E-state index in [-0.39, 0.29) is 60.2 Å². The van der Waals surface area contributed by atoms with Gasteiger partial charge in [-0.2, -0.15) is 9.03 Å². The largest absolute Gasteiger partial charge is 0.276 e. The van der Waals surface area contributed by atoms with Crippen LogP contribution in [0.3, 0.4) is 0 Å². The summed E-state index contributed by atoms with van der Waals surface area (Å²) in [5.41, 5.74) is 2.73.